The third-order valence-corrected chi connectivity index (χ3v) is 2.48. The predicted octanol–water partition coefficient (Wildman–Crippen LogP) is 1.84. The van der Waals surface area contributed by atoms with Gasteiger partial charge in [-0.1, -0.05) is 20.8 Å². The molecule has 0 rings (SSSR count). The van der Waals surface area contributed by atoms with E-state index in [1.165, 1.54) is 7.11 Å². The van der Waals surface area contributed by atoms with Crippen LogP contribution in [0, 0.1) is 17.8 Å². The highest BCUT2D eigenvalue weighted by molar-refractivity contribution is 5.71. The Labute approximate surface area is 86.5 Å². The summed E-state index contributed by atoms with van der Waals surface area (Å²) >= 11 is 0. The first-order valence-corrected chi connectivity index (χ1v) is 5.19. The summed E-state index contributed by atoms with van der Waals surface area (Å²) in [5.74, 6) is 0.579. The Hall–Kier alpha value is -0.570. The quantitative estimate of drug-likeness (QED) is 0.668. The maximum Gasteiger partial charge on any atom is 0.308 e. The summed E-state index contributed by atoms with van der Waals surface area (Å²) in [6, 6.07) is 0. The standard InChI is InChI=1S/C11H22O3/c1-8(5-9(2)7-12)6-10(3)11(13)14-4/h8-10,12H,5-7H2,1-4H3/t8-,9+,10-/m1/s1. The van der Waals surface area contributed by atoms with E-state index in [2.05, 4.69) is 11.7 Å². The third kappa shape index (κ3) is 5.22. The molecule has 14 heavy (non-hydrogen) atoms. The minimum Gasteiger partial charge on any atom is -0.469 e. The van der Waals surface area contributed by atoms with Crippen molar-refractivity contribution < 1.29 is 14.6 Å². The van der Waals surface area contributed by atoms with E-state index in [0.29, 0.717) is 11.8 Å². The van der Waals surface area contributed by atoms with Crippen LogP contribution in [0.1, 0.15) is 33.6 Å². The number of methoxy groups -OCH3 is 1. The maximum atomic E-state index is 11.1. The molecular weight excluding hydrogens is 180 g/mol. The second-order valence-electron chi connectivity index (χ2n) is 4.29. The van der Waals surface area contributed by atoms with Gasteiger partial charge in [0.15, 0.2) is 0 Å². The molecule has 0 aliphatic carbocycles. The Morgan fingerprint density at radius 3 is 2.21 bits per heavy atom. The van der Waals surface area contributed by atoms with Crippen LogP contribution in [0.15, 0.2) is 0 Å². The fourth-order valence-corrected chi connectivity index (χ4v) is 1.76. The van der Waals surface area contributed by atoms with E-state index in [1.807, 2.05) is 13.8 Å². The van der Waals surface area contributed by atoms with Crippen molar-refractivity contribution in [1.29, 1.82) is 0 Å². The number of esters is 1. The van der Waals surface area contributed by atoms with E-state index in [1.54, 1.807) is 0 Å². The summed E-state index contributed by atoms with van der Waals surface area (Å²) in [6.45, 7) is 6.22. The van der Waals surface area contributed by atoms with Crippen molar-refractivity contribution >= 4 is 5.97 Å². The minimum absolute atomic E-state index is 0.0408. The molecule has 1 N–H and O–H groups in total. The topological polar surface area (TPSA) is 46.5 Å². The van der Waals surface area contributed by atoms with Crippen molar-refractivity contribution in [1.82, 2.24) is 0 Å². The summed E-state index contributed by atoms with van der Waals surface area (Å²) in [6.07, 6.45) is 1.79. The molecule has 0 aromatic heterocycles. The zero-order valence-electron chi connectivity index (χ0n) is 9.62. The second kappa shape index (κ2) is 6.82. The fourth-order valence-electron chi connectivity index (χ4n) is 1.76. The SMILES string of the molecule is COC(=O)[C@H](C)C[C@H](C)C[C@H](C)CO. The lowest BCUT2D eigenvalue weighted by atomic mass is 9.90. The molecule has 3 nitrogen and oxygen atoms in total. The number of ether oxygens (including phenoxy) is 1. The molecule has 84 valence electrons. The van der Waals surface area contributed by atoms with Crippen LogP contribution in [-0.4, -0.2) is 24.8 Å². The number of aliphatic hydroxyl groups excluding tert-OH is 1. The van der Waals surface area contributed by atoms with E-state index < -0.39 is 0 Å². The van der Waals surface area contributed by atoms with Gasteiger partial charge in [0.2, 0.25) is 0 Å². The maximum absolute atomic E-state index is 11.1. The van der Waals surface area contributed by atoms with Crippen LogP contribution in [0.4, 0.5) is 0 Å². The number of rotatable bonds is 6. The first-order chi connectivity index (χ1) is 6.51. The Bertz CT molecular complexity index is 168. The number of hydrogen-bond acceptors (Lipinski definition) is 3. The molecule has 0 aromatic rings. The van der Waals surface area contributed by atoms with Crippen LogP contribution in [0.5, 0.6) is 0 Å². The van der Waals surface area contributed by atoms with Gasteiger partial charge in [0.1, 0.15) is 0 Å². The lowest BCUT2D eigenvalue weighted by Gasteiger charge is -2.18. The van der Waals surface area contributed by atoms with Crippen LogP contribution in [-0.2, 0) is 9.53 Å². The van der Waals surface area contributed by atoms with E-state index in [0.717, 1.165) is 12.8 Å². The molecule has 3 heteroatoms. The van der Waals surface area contributed by atoms with Crippen LogP contribution in [0.25, 0.3) is 0 Å². The highest BCUT2D eigenvalue weighted by atomic mass is 16.5. The van der Waals surface area contributed by atoms with Crippen LogP contribution >= 0.6 is 0 Å². The molecule has 3 atom stereocenters. The molecule has 0 fully saturated rings. The first-order valence-electron chi connectivity index (χ1n) is 5.19. The third-order valence-electron chi connectivity index (χ3n) is 2.48. The van der Waals surface area contributed by atoms with Crippen LogP contribution in [0.2, 0.25) is 0 Å². The highest BCUT2D eigenvalue weighted by Crippen LogP contribution is 2.20. The number of aliphatic hydroxyl groups is 1. The Morgan fingerprint density at radius 1 is 1.21 bits per heavy atom. The molecule has 0 saturated carbocycles. The molecule has 0 saturated heterocycles. The van der Waals surface area contributed by atoms with Gasteiger partial charge >= 0.3 is 5.97 Å². The lowest BCUT2D eigenvalue weighted by molar-refractivity contribution is -0.145. The molecule has 0 unspecified atom stereocenters. The Balaban J connectivity index is 3.81. The summed E-state index contributed by atoms with van der Waals surface area (Å²) in [5.41, 5.74) is 0. The molecule has 0 aromatic carbocycles. The average molecular weight is 202 g/mol. The van der Waals surface area contributed by atoms with Crippen LogP contribution in [0.3, 0.4) is 0 Å². The summed E-state index contributed by atoms with van der Waals surface area (Å²) in [5, 5.41) is 8.88. The van der Waals surface area contributed by atoms with E-state index in [9.17, 15) is 4.79 Å². The van der Waals surface area contributed by atoms with E-state index in [4.69, 9.17) is 5.11 Å². The molecule has 0 aliphatic heterocycles. The molecule has 0 amide bonds. The molecule has 0 bridgehead atoms. The fraction of sp³-hybridized carbons (Fsp3) is 0.909. The summed E-state index contributed by atoms with van der Waals surface area (Å²) in [4.78, 5) is 11.1. The molecular formula is C11H22O3. The second-order valence-corrected chi connectivity index (χ2v) is 4.29. The molecule has 0 radical (unpaired) electrons. The Kier molecular flexibility index (Phi) is 6.54. The molecule has 0 heterocycles. The van der Waals surface area contributed by atoms with Gasteiger partial charge in [-0.05, 0) is 24.7 Å². The van der Waals surface area contributed by atoms with Gasteiger partial charge in [0.25, 0.3) is 0 Å². The van der Waals surface area contributed by atoms with E-state index in [-0.39, 0.29) is 18.5 Å². The largest absolute Gasteiger partial charge is 0.469 e. The van der Waals surface area contributed by atoms with E-state index >= 15 is 0 Å². The van der Waals surface area contributed by atoms with Gasteiger partial charge in [-0.3, -0.25) is 4.79 Å². The normalized spacial score (nSPS) is 17.2. The highest BCUT2D eigenvalue weighted by Gasteiger charge is 2.17. The zero-order valence-corrected chi connectivity index (χ0v) is 9.62. The van der Waals surface area contributed by atoms with Crippen LogP contribution < -0.4 is 0 Å². The van der Waals surface area contributed by atoms with Crippen molar-refractivity contribution in [3.8, 4) is 0 Å². The van der Waals surface area contributed by atoms with Crippen molar-refractivity contribution in [3.05, 3.63) is 0 Å². The zero-order chi connectivity index (χ0) is 11.1. The number of carbonyl (C=O) groups is 1. The number of carbonyl (C=O) groups excluding carboxylic acids is 1. The lowest BCUT2D eigenvalue weighted by Crippen LogP contribution is -2.17. The average Bonchev–Trinajstić information content (AvgIpc) is 2.15. The van der Waals surface area contributed by atoms with Gasteiger partial charge in [-0.25, -0.2) is 0 Å². The molecule has 0 spiro atoms. The van der Waals surface area contributed by atoms with Crippen molar-refractivity contribution in [2.45, 2.75) is 33.6 Å². The molecule has 0 aliphatic rings. The smallest absolute Gasteiger partial charge is 0.308 e. The van der Waals surface area contributed by atoms with Gasteiger partial charge in [-0.15, -0.1) is 0 Å². The summed E-state index contributed by atoms with van der Waals surface area (Å²) < 4.78 is 4.66. The first kappa shape index (κ1) is 13.4. The Morgan fingerprint density at radius 2 is 1.79 bits per heavy atom. The van der Waals surface area contributed by atoms with Gasteiger partial charge in [0.05, 0.1) is 13.0 Å². The van der Waals surface area contributed by atoms with Crippen molar-refractivity contribution in [2.24, 2.45) is 17.8 Å². The van der Waals surface area contributed by atoms with Gasteiger partial charge < -0.3 is 9.84 Å². The minimum atomic E-state index is -0.145. The predicted molar refractivity (Wildman–Crippen MR) is 55.8 cm³/mol. The van der Waals surface area contributed by atoms with Gasteiger partial charge in [0, 0.05) is 6.61 Å². The van der Waals surface area contributed by atoms with Crippen molar-refractivity contribution in [2.75, 3.05) is 13.7 Å². The van der Waals surface area contributed by atoms with Crippen molar-refractivity contribution in [3.63, 3.8) is 0 Å². The monoisotopic (exact) mass is 202 g/mol. The summed E-state index contributed by atoms with van der Waals surface area (Å²) in [7, 11) is 1.42. The number of hydrogen-bond donors (Lipinski definition) is 1. The van der Waals surface area contributed by atoms with Gasteiger partial charge in [-0.2, -0.15) is 0 Å².